The van der Waals surface area contributed by atoms with Gasteiger partial charge in [0.25, 0.3) is 0 Å². The molecule has 0 fully saturated rings. The molecule has 18 heavy (non-hydrogen) atoms. The molecule has 0 bridgehead atoms. The average Bonchev–Trinajstić information content (AvgIpc) is 2.61. The van der Waals surface area contributed by atoms with Gasteiger partial charge >= 0.3 is 0 Å². The van der Waals surface area contributed by atoms with E-state index in [-0.39, 0.29) is 18.1 Å². The number of aromatic nitrogens is 2. The van der Waals surface area contributed by atoms with Gasteiger partial charge in [-0.05, 0) is 31.5 Å². The summed E-state index contributed by atoms with van der Waals surface area (Å²) < 4.78 is 13.0. The van der Waals surface area contributed by atoms with Crippen molar-refractivity contribution in [3.8, 4) is 0 Å². The lowest BCUT2D eigenvalue weighted by molar-refractivity contribution is -0.115. The molecule has 5 heteroatoms. The number of carbonyl (C=O) groups is 1. The molecule has 2 N–H and O–H groups in total. The van der Waals surface area contributed by atoms with Crippen LogP contribution in [0.15, 0.2) is 24.3 Å². The van der Waals surface area contributed by atoms with Crippen molar-refractivity contribution in [2.75, 3.05) is 5.32 Å². The Labute approximate surface area is 104 Å². The van der Waals surface area contributed by atoms with E-state index in [1.807, 2.05) is 13.8 Å². The van der Waals surface area contributed by atoms with E-state index >= 15 is 0 Å². The van der Waals surface area contributed by atoms with Crippen LogP contribution in [-0.4, -0.2) is 16.1 Å². The van der Waals surface area contributed by atoms with Crippen LogP contribution in [0.5, 0.6) is 0 Å². The van der Waals surface area contributed by atoms with Crippen LogP contribution in [0.1, 0.15) is 16.8 Å². The van der Waals surface area contributed by atoms with Crippen LogP contribution in [-0.2, 0) is 11.2 Å². The standard InChI is InChI=1S/C13H14FN3O/c1-8-9(2)16-17-13(8)15-12(18)7-10-4-3-5-11(14)6-10/h3-6H,7H2,1-2H3,(H2,15,16,17,18). The minimum absolute atomic E-state index is 0.128. The Balaban J connectivity index is 2.03. The molecule has 0 radical (unpaired) electrons. The van der Waals surface area contributed by atoms with E-state index in [1.54, 1.807) is 12.1 Å². The van der Waals surface area contributed by atoms with Gasteiger partial charge in [0, 0.05) is 11.3 Å². The van der Waals surface area contributed by atoms with Crippen molar-refractivity contribution in [1.82, 2.24) is 10.2 Å². The summed E-state index contributed by atoms with van der Waals surface area (Å²) in [6.07, 6.45) is 0.128. The van der Waals surface area contributed by atoms with Crippen LogP contribution >= 0.6 is 0 Å². The number of amides is 1. The van der Waals surface area contributed by atoms with Gasteiger partial charge in [0.15, 0.2) is 5.82 Å². The number of hydrogen-bond donors (Lipinski definition) is 2. The van der Waals surface area contributed by atoms with Crippen LogP contribution in [0.2, 0.25) is 0 Å². The van der Waals surface area contributed by atoms with Crippen molar-refractivity contribution >= 4 is 11.7 Å². The van der Waals surface area contributed by atoms with Gasteiger partial charge in [0.1, 0.15) is 5.82 Å². The first-order valence-corrected chi connectivity index (χ1v) is 5.62. The van der Waals surface area contributed by atoms with Gasteiger partial charge in [-0.15, -0.1) is 0 Å². The molecule has 94 valence electrons. The quantitative estimate of drug-likeness (QED) is 0.874. The highest BCUT2D eigenvalue weighted by molar-refractivity contribution is 5.92. The lowest BCUT2D eigenvalue weighted by Crippen LogP contribution is -2.15. The van der Waals surface area contributed by atoms with Gasteiger partial charge in [-0.2, -0.15) is 5.10 Å². The lowest BCUT2D eigenvalue weighted by atomic mass is 10.1. The highest BCUT2D eigenvalue weighted by Crippen LogP contribution is 2.14. The molecule has 0 atom stereocenters. The van der Waals surface area contributed by atoms with Crippen molar-refractivity contribution < 1.29 is 9.18 Å². The van der Waals surface area contributed by atoms with Crippen LogP contribution in [0.25, 0.3) is 0 Å². The number of anilines is 1. The zero-order valence-corrected chi connectivity index (χ0v) is 10.2. The third-order valence-electron chi connectivity index (χ3n) is 2.76. The lowest BCUT2D eigenvalue weighted by Gasteiger charge is -2.03. The van der Waals surface area contributed by atoms with E-state index < -0.39 is 0 Å². The molecule has 1 heterocycles. The first-order chi connectivity index (χ1) is 8.56. The van der Waals surface area contributed by atoms with E-state index in [0.29, 0.717) is 11.4 Å². The number of nitrogens with one attached hydrogen (secondary N) is 2. The number of nitrogens with zero attached hydrogens (tertiary/aromatic N) is 1. The molecule has 0 saturated carbocycles. The number of carbonyl (C=O) groups excluding carboxylic acids is 1. The minimum atomic E-state index is -0.341. The van der Waals surface area contributed by atoms with Crippen molar-refractivity contribution in [1.29, 1.82) is 0 Å². The Morgan fingerprint density at radius 2 is 2.22 bits per heavy atom. The smallest absolute Gasteiger partial charge is 0.230 e. The molecule has 2 aromatic rings. The summed E-state index contributed by atoms with van der Waals surface area (Å²) in [7, 11) is 0. The molecule has 2 rings (SSSR count). The second kappa shape index (κ2) is 5.00. The first-order valence-electron chi connectivity index (χ1n) is 5.62. The molecule has 0 saturated heterocycles. The molecule has 0 aliphatic carbocycles. The number of benzene rings is 1. The van der Waals surface area contributed by atoms with Gasteiger partial charge in [0.2, 0.25) is 5.91 Å². The van der Waals surface area contributed by atoms with E-state index in [1.165, 1.54) is 12.1 Å². The molecule has 0 unspecified atom stereocenters. The van der Waals surface area contributed by atoms with E-state index in [9.17, 15) is 9.18 Å². The Kier molecular flexibility index (Phi) is 3.41. The van der Waals surface area contributed by atoms with E-state index in [4.69, 9.17) is 0 Å². The fourth-order valence-corrected chi connectivity index (χ4v) is 1.62. The second-order valence-corrected chi connectivity index (χ2v) is 4.18. The van der Waals surface area contributed by atoms with Crippen LogP contribution in [0, 0.1) is 19.7 Å². The summed E-state index contributed by atoms with van der Waals surface area (Å²) >= 11 is 0. The number of halogens is 1. The summed E-state index contributed by atoms with van der Waals surface area (Å²) in [5, 5.41) is 9.47. The van der Waals surface area contributed by atoms with E-state index in [2.05, 4.69) is 15.5 Å². The van der Waals surface area contributed by atoms with Crippen LogP contribution < -0.4 is 5.32 Å². The molecule has 0 aliphatic heterocycles. The maximum Gasteiger partial charge on any atom is 0.230 e. The van der Waals surface area contributed by atoms with Gasteiger partial charge in [-0.25, -0.2) is 4.39 Å². The fraction of sp³-hybridized carbons (Fsp3) is 0.231. The highest BCUT2D eigenvalue weighted by Gasteiger charge is 2.10. The Morgan fingerprint density at radius 1 is 1.44 bits per heavy atom. The van der Waals surface area contributed by atoms with Gasteiger partial charge in [-0.1, -0.05) is 12.1 Å². The summed E-state index contributed by atoms with van der Waals surface area (Å²) in [6, 6.07) is 6.00. The maximum atomic E-state index is 13.0. The van der Waals surface area contributed by atoms with Crippen molar-refractivity contribution in [3.05, 3.63) is 46.9 Å². The Morgan fingerprint density at radius 3 is 2.83 bits per heavy atom. The predicted molar refractivity (Wildman–Crippen MR) is 66.8 cm³/mol. The van der Waals surface area contributed by atoms with Gasteiger partial charge in [0.05, 0.1) is 6.42 Å². The van der Waals surface area contributed by atoms with Gasteiger partial charge in [-0.3, -0.25) is 9.89 Å². The van der Waals surface area contributed by atoms with Crippen LogP contribution in [0.3, 0.4) is 0 Å². The highest BCUT2D eigenvalue weighted by atomic mass is 19.1. The number of aryl methyl sites for hydroxylation is 1. The number of aromatic amines is 1. The maximum absolute atomic E-state index is 13.0. The average molecular weight is 247 g/mol. The third-order valence-corrected chi connectivity index (χ3v) is 2.76. The normalized spacial score (nSPS) is 10.4. The van der Waals surface area contributed by atoms with E-state index in [0.717, 1.165) is 11.3 Å². The molecule has 4 nitrogen and oxygen atoms in total. The minimum Gasteiger partial charge on any atom is -0.309 e. The number of hydrogen-bond acceptors (Lipinski definition) is 2. The topological polar surface area (TPSA) is 57.8 Å². The molecule has 0 spiro atoms. The SMILES string of the molecule is Cc1[nH]nc(NC(=O)Cc2cccc(F)c2)c1C. The number of H-pyrrole nitrogens is 1. The third kappa shape index (κ3) is 2.74. The summed E-state index contributed by atoms with van der Waals surface area (Å²) in [5.74, 6) is -0.0313. The largest absolute Gasteiger partial charge is 0.309 e. The summed E-state index contributed by atoms with van der Waals surface area (Å²) in [4.78, 5) is 11.8. The fourth-order valence-electron chi connectivity index (χ4n) is 1.62. The molecular formula is C13H14FN3O. The molecule has 1 amide bonds. The Bertz CT molecular complexity index is 577. The number of rotatable bonds is 3. The second-order valence-electron chi connectivity index (χ2n) is 4.18. The summed E-state index contributed by atoms with van der Waals surface area (Å²) in [5.41, 5.74) is 2.45. The molecule has 1 aromatic carbocycles. The molecule has 1 aromatic heterocycles. The predicted octanol–water partition coefficient (Wildman–Crippen LogP) is 2.35. The monoisotopic (exact) mass is 247 g/mol. The van der Waals surface area contributed by atoms with Crippen molar-refractivity contribution in [2.45, 2.75) is 20.3 Å². The van der Waals surface area contributed by atoms with Gasteiger partial charge < -0.3 is 5.32 Å². The molecule has 0 aliphatic rings. The van der Waals surface area contributed by atoms with Crippen molar-refractivity contribution in [3.63, 3.8) is 0 Å². The zero-order valence-electron chi connectivity index (χ0n) is 10.2. The Hall–Kier alpha value is -2.17. The first kappa shape index (κ1) is 12.3. The van der Waals surface area contributed by atoms with Crippen LogP contribution in [0.4, 0.5) is 10.2 Å². The zero-order chi connectivity index (χ0) is 13.1. The summed E-state index contributed by atoms with van der Waals surface area (Å²) in [6.45, 7) is 3.75. The van der Waals surface area contributed by atoms with Crippen molar-refractivity contribution in [2.24, 2.45) is 0 Å². The molecular weight excluding hydrogens is 233 g/mol.